The lowest BCUT2D eigenvalue weighted by molar-refractivity contribution is -0.117. The Morgan fingerprint density at radius 1 is 1.12 bits per heavy atom. The van der Waals surface area contributed by atoms with Gasteiger partial charge in [0.25, 0.3) is 5.91 Å². The van der Waals surface area contributed by atoms with Crippen LogP contribution in [0.25, 0.3) is 0 Å². The first-order valence-electron chi connectivity index (χ1n) is 11.4. The van der Waals surface area contributed by atoms with Crippen molar-refractivity contribution in [3.8, 4) is 0 Å². The fourth-order valence-electron chi connectivity index (χ4n) is 3.96. The van der Waals surface area contributed by atoms with Gasteiger partial charge < -0.3 is 26.0 Å². The Balaban J connectivity index is 1.83. The predicted molar refractivity (Wildman–Crippen MR) is 128 cm³/mol. The van der Waals surface area contributed by atoms with E-state index in [-0.39, 0.29) is 11.8 Å². The van der Waals surface area contributed by atoms with Crippen molar-refractivity contribution < 1.29 is 14.7 Å². The lowest BCUT2D eigenvalue weighted by Gasteiger charge is -2.25. The second-order valence-electron chi connectivity index (χ2n) is 8.09. The van der Waals surface area contributed by atoms with Crippen LogP contribution in [0.4, 0.5) is 11.4 Å². The van der Waals surface area contributed by atoms with Crippen LogP contribution < -0.4 is 20.9 Å². The predicted octanol–water partition coefficient (Wildman–Crippen LogP) is 2.56. The highest BCUT2D eigenvalue weighted by atomic mass is 16.3. The number of hydrogen-bond acceptors (Lipinski definition) is 5. The molecule has 1 aliphatic heterocycles. The molecule has 1 fully saturated rings. The smallest absolute Gasteiger partial charge is 0.251 e. The van der Waals surface area contributed by atoms with Crippen LogP contribution in [-0.4, -0.2) is 55.2 Å². The first-order valence-corrected chi connectivity index (χ1v) is 11.4. The summed E-state index contributed by atoms with van der Waals surface area (Å²) in [5.74, 6) is -0.192. The highest BCUT2D eigenvalue weighted by Crippen LogP contribution is 2.26. The van der Waals surface area contributed by atoms with E-state index in [1.54, 1.807) is 17.0 Å². The summed E-state index contributed by atoms with van der Waals surface area (Å²) in [6.07, 6.45) is 1.13. The van der Waals surface area contributed by atoms with E-state index in [2.05, 4.69) is 16.0 Å². The summed E-state index contributed by atoms with van der Waals surface area (Å²) in [6.45, 7) is 6.45. The molecule has 32 heavy (non-hydrogen) atoms. The molecule has 4 N–H and O–H groups in total. The van der Waals surface area contributed by atoms with Gasteiger partial charge in [0.05, 0.1) is 12.1 Å². The van der Waals surface area contributed by atoms with Crippen molar-refractivity contribution in [3.63, 3.8) is 0 Å². The molecule has 0 unspecified atom stereocenters. The minimum Gasteiger partial charge on any atom is -0.390 e. The van der Waals surface area contributed by atoms with Crippen molar-refractivity contribution in [3.05, 3.63) is 59.7 Å². The zero-order valence-corrected chi connectivity index (χ0v) is 18.9. The molecule has 7 heteroatoms. The molecule has 0 aromatic heterocycles. The maximum Gasteiger partial charge on any atom is 0.251 e. The van der Waals surface area contributed by atoms with Crippen molar-refractivity contribution in [2.45, 2.75) is 45.3 Å². The van der Waals surface area contributed by atoms with Gasteiger partial charge in [-0.2, -0.15) is 0 Å². The van der Waals surface area contributed by atoms with E-state index in [4.69, 9.17) is 0 Å². The van der Waals surface area contributed by atoms with Gasteiger partial charge in [0.1, 0.15) is 0 Å². The third kappa shape index (κ3) is 6.31. The monoisotopic (exact) mass is 438 g/mol. The first-order chi connectivity index (χ1) is 15.5. The lowest BCUT2D eigenvalue weighted by Crippen LogP contribution is -2.48. The number of carbonyl (C=O) groups excluding carboxylic acids is 2. The maximum atomic E-state index is 13.3. The Bertz CT molecular complexity index is 903. The van der Waals surface area contributed by atoms with Gasteiger partial charge in [-0.05, 0) is 50.1 Å². The quantitative estimate of drug-likeness (QED) is 0.433. The SMILES string of the molecule is CCNC[C@H](O)[C@H](Cc1ccccc1)NC(=O)c1cc(NCC)cc(N2CCCC2=O)c1. The fourth-order valence-corrected chi connectivity index (χ4v) is 3.96. The topological polar surface area (TPSA) is 93.7 Å². The van der Waals surface area contributed by atoms with Crippen molar-refractivity contribution >= 4 is 23.2 Å². The van der Waals surface area contributed by atoms with Gasteiger partial charge in [0, 0.05) is 43.0 Å². The molecule has 0 saturated carbocycles. The highest BCUT2D eigenvalue weighted by Gasteiger charge is 2.25. The average molecular weight is 439 g/mol. The Morgan fingerprint density at radius 2 is 1.91 bits per heavy atom. The summed E-state index contributed by atoms with van der Waals surface area (Å²) >= 11 is 0. The third-order valence-electron chi connectivity index (χ3n) is 5.63. The number of hydrogen-bond donors (Lipinski definition) is 4. The molecule has 3 rings (SSSR count). The number of likely N-dealkylation sites (N-methyl/N-ethyl adjacent to an activating group) is 1. The van der Waals surface area contributed by atoms with E-state index in [1.807, 2.05) is 50.2 Å². The largest absolute Gasteiger partial charge is 0.390 e. The van der Waals surface area contributed by atoms with Crippen LogP contribution in [0.15, 0.2) is 48.5 Å². The molecule has 0 spiro atoms. The third-order valence-corrected chi connectivity index (χ3v) is 5.63. The second-order valence-corrected chi connectivity index (χ2v) is 8.09. The number of rotatable bonds is 11. The van der Waals surface area contributed by atoms with Gasteiger partial charge in [0.15, 0.2) is 0 Å². The minimum absolute atomic E-state index is 0.0769. The number of carbonyl (C=O) groups is 2. The number of nitrogens with zero attached hydrogens (tertiary/aromatic N) is 1. The average Bonchev–Trinajstić information content (AvgIpc) is 3.23. The van der Waals surface area contributed by atoms with Crippen molar-refractivity contribution in [1.29, 1.82) is 0 Å². The van der Waals surface area contributed by atoms with Gasteiger partial charge in [-0.25, -0.2) is 0 Å². The van der Waals surface area contributed by atoms with Gasteiger partial charge in [0.2, 0.25) is 5.91 Å². The van der Waals surface area contributed by atoms with Crippen LogP contribution in [0.3, 0.4) is 0 Å². The van der Waals surface area contributed by atoms with E-state index in [0.29, 0.717) is 38.0 Å². The second kappa shape index (κ2) is 11.6. The minimum atomic E-state index is -0.740. The lowest BCUT2D eigenvalue weighted by atomic mass is 10.00. The fraction of sp³-hybridized carbons (Fsp3) is 0.440. The Kier molecular flexibility index (Phi) is 8.64. The van der Waals surface area contributed by atoms with E-state index in [0.717, 1.165) is 29.9 Å². The molecule has 172 valence electrons. The Hall–Kier alpha value is -2.90. The van der Waals surface area contributed by atoms with E-state index >= 15 is 0 Å². The number of anilines is 2. The van der Waals surface area contributed by atoms with E-state index < -0.39 is 12.1 Å². The summed E-state index contributed by atoms with van der Waals surface area (Å²) in [6, 6.07) is 14.8. The Morgan fingerprint density at radius 3 is 2.56 bits per heavy atom. The van der Waals surface area contributed by atoms with Crippen LogP contribution in [0.2, 0.25) is 0 Å². The standard InChI is InChI=1S/C25H34N4O3/c1-3-26-17-23(30)22(13-18-9-6-5-7-10-18)28-25(32)19-14-20(27-4-2)16-21(15-19)29-12-8-11-24(29)31/h5-7,9-10,14-16,22-23,26-27,30H,3-4,8,11-13,17H2,1-2H3,(H,28,32)/t22-,23-/m0/s1. The molecule has 1 aliphatic rings. The molecule has 1 saturated heterocycles. The van der Waals surface area contributed by atoms with Crippen LogP contribution in [0.5, 0.6) is 0 Å². The maximum absolute atomic E-state index is 13.3. The number of aliphatic hydroxyl groups is 1. The molecule has 1 heterocycles. The zero-order valence-electron chi connectivity index (χ0n) is 18.9. The molecule has 0 aliphatic carbocycles. The van der Waals surface area contributed by atoms with Crippen LogP contribution in [0.1, 0.15) is 42.6 Å². The van der Waals surface area contributed by atoms with Gasteiger partial charge in [-0.1, -0.05) is 37.3 Å². The normalized spacial score (nSPS) is 15.5. The highest BCUT2D eigenvalue weighted by molar-refractivity contribution is 6.00. The number of benzene rings is 2. The van der Waals surface area contributed by atoms with Crippen LogP contribution in [-0.2, 0) is 11.2 Å². The number of amides is 2. The molecule has 0 radical (unpaired) electrons. The number of nitrogens with one attached hydrogen (secondary N) is 3. The van der Waals surface area contributed by atoms with Crippen LogP contribution >= 0.6 is 0 Å². The van der Waals surface area contributed by atoms with Crippen LogP contribution in [0, 0.1) is 0 Å². The zero-order chi connectivity index (χ0) is 22.9. The summed E-state index contributed by atoms with van der Waals surface area (Å²) in [7, 11) is 0. The molecular weight excluding hydrogens is 404 g/mol. The first kappa shape index (κ1) is 23.8. The van der Waals surface area contributed by atoms with Crippen molar-refractivity contribution in [2.24, 2.45) is 0 Å². The van der Waals surface area contributed by atoms with E-state index in [9.17, 15) is 14.7 Å². The van der Waals surface area contributed by atoms with E-state index in [1.165, 1.54) is 0 Å². The molecular formula is C25H34N4O3. The number of aliphatic hydroxyl groups excluding tert-OH is 1. The summed E-state index contributed by atoms with van der Waals surface area (Å²) in [4.78, 5) is 27.3. The Labute approximate surface area is 190 Å². The van der Waals surface area contributed by atoms with Crippen molar-refractivity contribution in [2.75, 3.05) is 36.4 Å². The van der Waals surface area contributed by atoms with Gasteiger partial charge in [-0.15, -0.1) is 0 Å². The molecule has 2 aromatic carbocycles. The molecule has 7 nitrogen and oxygen atoms in total. The molecule has 0 bridgehead atoms. The van der Waals surface area contributed by atoms with Gasteiger partial charge >= 0.3 is 0 Å². The molecule has 2 atom stereocenters. The summed E-state index contributed by atoms with van der Waals surface area (Å²) in [5, 5.41) is 20.2. The molecule has 2 aromatic rings. The molecule has 2 amide bonds. The summed E-state index contributed by atoms with van der Waals surface area (Å²) in [5.41, 5.74) is 3.02. The van der Waals surface area contributed by atoms with Crippen molar-refractivity contribution in [1.82, 2.24) is 10.6 Å². The summed E-state index contributed by atoms with van der Waals surface area (Å²) < 4.78 is 0. The van der Waals surface area contributed by atoms with Gasteiger partial charge in [-0.3, -0.25) is 9.59 Å².